The Morgan fingerprint density at radius 2 is 2.16 bits per heavy atom. The maximum atomic E-state index is 10.5. The average molecular weight is 300 g/mol. The third-order valence-corrected chi connectivity index (χ3v) is 3.13. The number of hydrogen-bond donors (Lipinski definition) is 1. The van der Waals surface area contributed by atoms with Gasteiger partial charge in [0.15, 0.2) is 0 Å². The van der Waals surface area contributed by atoms with Gasteiger partial charge in [-0.1, -0.05) is 28.4 Å². The normalized spacial score (nSPS) is 10.6. The molecule has 0 radical (unpaired) electrons. The van der Waals surface area contributed by atoms with Crippen LogP contribution < -0.4 is 0 Å². The molecule has 1 aromatic carbocycles. The van der Waals surface area contributed by atoms with Gasteiger partial charge in [-0.2, -0.15) is 0 Å². The number of carboxylic acid groups (broad SMARTS) is 1. The Morgan fingerprint density at radius 1 is 1.37 bits per heavy atom. The third-order valence-electron chi connectivity index (χ3n) is 2.59. The van der Waals surface area contributed by atoms with Crippen molar-refractivity contribution in [2.24, 2.45) is 0 Å². The molecule has 1 aromatic heterocycles. The van der Waals surface area contributed by atoms with Crippen LogP contribution in [-0.4, -0.2) is 26.1 Å². The molecule has 2 rings (SSSR count). The molecule has 0 bridgehead atoms. The van der Waals surface area contributed by atoms with Crippen LogP contribution in [0.15, 0.2) is 24.4 Å². The second-order valence-corrected chi connectivity index (χ2v) is 4.81. The van der Waals surface area contributed by atoms with Gasteiger partial charge in [0, 0.05) is 23.6 Å². The highest BCUT2D eigenvalue weighted by atomic mass is 35.5. The Hall–Kier alpha value is -1.59. The lowest BCUT2D eigenvalue weighted by atomic mass is 10.1. The summed E-state index contributed by atoms with van der Waals surface area (Å²) in [7, 11) is 0. The van der Waals surface area contributed by atoms with Gasteiger partial charge in [0.2, 0.25) is 0 Å². The highest BCUT2D eigenvalue weighted by molar-refractivity contribution is 6.36. The van der Waals surface area contributed by atoms with Crippen LogP contribution in [-0.2, 0) is 11.3 Å². The molecule has 0 aliphatic rings. The van der Waals surface area contributed by atoms with Gasteiger partial charge >= 0.3 is 5.97 Å². The van der Waals surface area contributed by atoms with Crippen molar-refractivity contribution in [1.82, 2.24) is 15.0 Å². The Morgan fingerprint density at radius 3 is 2.84 bits per heavy atom. The van der Waals surface area contributed by atoms with Crippen LogP contribution in [0.1, 0.15) is 12.8 Å². The Bertz CT molecular complexity index is 598. The van der Waals surface area contributed by atoms with Crippen LogP contribution in [0.25, 0.3) is 11.3 Å². The summed E-state index contributed by atoms with van der Waals surface area (Å²) < 4.78 is 1.64. The van der Waals surface area contributed by atoms with Gasteiger partial charge in [-0.05, 0) is 24.6 Å². The Kier molecular flexibility index (Phi) is 4.39. The monoisotopic (exact) mass is 299 g/mol. The molecule has 0 saturated heterocycles. The first-order valence-corrected chi connectivity index (χ1v) is 6.39. The first-order valence-electron chi connectivity index (χ1n) is 5.63. The number of nitrogens with zero attached hydrogens (tertiary/aromatic N) is 3. The van der Waals surface area contributed by atoms with Crippen LogP contribution in [0.4, 0.5) is 0 Å². The van der Waals surface area contributed by atoms with Crippen molar-refractivity contribution in [3.63, 3.8) is 0 Å². The van der Waals surface area contributed by atoms with Gasteiger partial charge in [0.1, 0.15) is 0 Å². The maximum Gasteiger partial charge on any atom is 0.303 e. The predicted octanol–water partition coefficient (Wildman–Crippen LogP) is 3.12. The number of hydrogen-bond acceptors (Lipinski definition) is 3. The summed E-state index contributed by atoms with van der Waals surface area (Å²) in [5.74, 6) is -0.828. The molecule has 0 atom stereocenters. The van der Waals surface area contributed by atoms with Gasteiger partial charge in [-0.15, -0.1) is 5.10 Å². The van der Waals surface area contributed by atoms with Gasteiger partial charge in [0.05, 0.1) is 16.9 Å². The quantitative estimate of drug-likeness (QED) is 0.921. The molecule has 1 heterocycles. The van der Waals surface area contributed by atoms with E-state index in [-0.39, 0.29) is 6.42 Å². The lowest BCUT2D eigenvalue weighted by molar-refractivity contribution is -0.137. The number of carboxylic acids is 1. The van der Waals surface area contributed by atoms with Gasteiger partial charge in [-0.25, -0.2) is 4.68 Å². The second kappa shape index (κ2) is 6.04. The fourth-order valence-electron chi connectivity index (χ4n) is 1.71. The van der Waals surface area contributed by atoms with Crippen molar-refractivity contribution in [3.8, 4) is 11.3 Å². The maximum absolute atomic E-state index is 10.5. The van der Waals surface area contributed by atoms with E-state index < -0.39 is 5.97 Å². The molecular weight excluding hydrogens is 289 g/mol. The highest BCUT2D eigenvalue weighted by Crippen LogP contribution is 2.29. The molecule has 100 valence electrons. The van der Waals surface area contributed by atoms with Crippen LogP contribution >= 0.6 is 23.2 Å². The molecule has 0 aliphatic carbocycles. The van der Waals surface area contributed by atoms with Crippen LogP contribution in [0.2, 0.25) is 10.0 Å². The van der Waals surface area contributed by atoms with E-state index in [9.17, 15) is 4.79 Å². The first kappa shape index (κ1) is 13.8. The smallest absolute Gasteiger partial charge is 0.303 e. The van der Waals surface area contributed by atoms with Crippen LogP contribution in [0.5, 0.6) is 0 Å². The fourth-order valence-corrected chi connectivity index (χ4v) is 2.21. The number of aromatic nitrogens is 3. The molecule has 0 fully saturated rings. The van der Waals surface area contributed by atoms with Crippen LogP contribution in [0.3, 0.4) is 0 Å². The minimum Gasteiger partial charge on any atom is -0.481 e. The topological polar surface area (TPSA) is 68.0 Å². The van der Waals surface area contributed by atoms with Crippen molar-refractivity contribution < 1.29 is 9.90 Å². The van der Waals surface area contributed by atoms with Gasteiger partial charge < -0.3 is 5.11 Å². The van der Waals surface area contributed by atoms with Crippen molar-refractivity contribution in [1.29, 1.82) is 0 Å². The zero-order valence-corrected chi connectivity index (χ0v) is 11.4. The van der Waals surface area contributed by atoms with E-state index in [0.717, 1.165) is 11.3 Å². The standard InChI is InChI=1S/C12H11Cl2N3O2/c13-8-3-4-9(10(14)6-8)11-7-15-16-17(11)5-1-2-12(18)19/h3-4,6-7H,1-2,5H2,(H,18,19). The zero-order valence-electron chi connectivity index (χ0n) is 9.88. The molecule has 0 spiro atoms. The average Bonchev–Trinajstić information content (AvgIpc) is 2.77. The van der Waals surface area contributed by atoms with E-state index in [1.165, 1.54) is 0 Å². The Balaban J connectivity index is 2.21. The van der Waals surface area contributed by atoms with Crippen molar-refractivity contribution in [2.45, 2.75) is 19.4 Å². The minimum atomic E-state index is -0.828. The third kappa shape index (κ3) is 3.45. The molecule has 0 amide bonds. The summed E-state index contributed by atoms with van der Waals surface area (Å²) in [6.45, 7) is 0.473. The lowest BCUT2D eigenvalue weighted by Gasteiger charge is -2.07. The summed E-state index contributed by atoms with van der Waals surface area (Å²) in [6.07, 6.45) is 2.17. The van der Waals surface area contributed by atoms with E-state index in [2.05, 4.69) is 10.3 Å². The van der Waals surface area contributed by atoms with E-state index >= 15 is 0 Å². The van der Waals surface area contributed by atoms with Gasteiger partial charge in [0.25, 0.3) is 0 Å². The molecule has 0 aliphatic heterocycles. The summed E-state index contributed by atoms with van der Waals surface area (Å²) in [6, 6.07) is 5.17. The molecule has 19 heavy (non-hydrogen) atoms. The van der Waals surface area contributed by atoms with E-state index in [1.807, 2.05) is 0 Å². The molecule has 0 saturated carbocycles. The molecule has 7 heteroatoms. The van der Waals surface area contributed by atoms with Gasteiger partial charge in [-0.3, -0.25) is 4.79 Å². The van der Waals surface area contributed by atoms with Crippen LogP contribution in [0, 0.1) is 0 Å². The number of aryl methyl sites for hydroxylation is 1. The van der Waals surface area contributed by atoms with Crippen molar-refractivity contribution in [3.05, 3.63) is 34.4 Å². The molecular formula is C12H11Cl2N3O2. The number of halogens is 2. The first-order chi connectivity index (χ1) is 9.08. The van der Waals surface area contributed by atoms with Crippen molar-refractivity contribution in [2.75, 3.05) is 0 Å². The summed E-state index contributed by atoms with van der Waals surface area (Å²) in [5, 5.41) is 17.5. The van der Waals surface area contributed by atoms with E-state index in [0.29, 0.717) is 23.0 Å². The SMILES string of the molecule is O=C(O)CCCn1nncc1-c1ccc(Cl)cc1Cl. The molecule has 2 aromatic rings. The predicted molar refractivity (Wildman–Crippen MR) is 72.3 cm³/mol. The Labute approximate surface area is 119 Å². The highest BCUT2D eigenvalue weighted by Gasteiger charge is 2.11. The minimum absolute atomic E-state index is 0.0909. The zero-order chi connectivity index (χ0) is 13.8. The second-order valence-electron chi connectivity index (χ2n) is 3.96. The number of benzene rings is 1. The molecule has 0 unspecified atom stereocenters. The number of aliphatic carboxylic acids is 1. The fraction of sp³-hybridized carbons (Fsp3) is 0.250. The molecule has 5 nitrogen and oxygen atoms in total. The lowest BCUT2D eigenvalue weighted by Crippen LogP contribution is -2.05. The van der Waals surface area contributed by atoms with Crippen molar-refractivity contribution >= 4 is 29.2 Å². The van der Waals surface area contributed by atoms with E-state index in [1.54, 1.807) is 29.1 Å². The molecule has 1 N–H and O–H groups in total. The summed E-state index contributed by atoms with van der Waals surface area (Å²) in [5.41, 5.74) is 1.51. The summed E-state index contributed by atoms with van der Waals surface area (Å²) in [4.78, 5) is 10.5. The largest absolute Gasteiger partial charge is 0.481 e. The summed E-state index contributed by atoms with van der Waals surface area (Å²) >= 11 is 12.0. The van der Waals surface area contributed by atoms with E-state index in [4.69, 9.17) is 28.3 Å². The number of rotatable bonds is 5. The number of carbonyl (C=O) groups is 1.